The van der Waals surface area contributed by atoms with E-state index in [4.69, 9.17) is 16.3 Å². The third kappa shape index (κ3) is 5.81. The number of nitro groups is 1. The molecule has 3 aromatic rings. The first-order chi connectivity index (χ1) is 16.9. The highest BCUT2D eigenvalue weighted by molar-refractivity contribution is 6.31. The first-order valence-electron chi connectivity index (χ1n) is 11.5. The molecule has 0 radical (unpaired) electrons. The van der Waals surface area contributed by atoms with Crippen LogP contribution in [0.1, 0.15) is 34.3 Å². The number of nitrogens with zero attached hydrogens (tertiary/aromatic N) is 3. The van der Waals surface area contributed by atoms with Crippen molar-refractivity contribution in [3.63, 3.8) is 0 Å². The first kappa shape index (κ1) is 24.7. The molecule has 3 aromatic carbocycles. The van der Waals surface area contributed by atoms with Gasteiger partial charge < -0.3 is 9.64 Å². The number of hydrogen-bond donors (Lipinski definition) is 0. The number of likely N-dealkylation sites (tertiary alicyclic amines) is 1. The molecule has 1 aliphatic rings. The van der Waals surface area contributed by atoms with Crippen molar-refractivity contribution >= 4 is 28.9 Å². The van der Waals surface area contributed by atoms with E-state index in [1.807, 2.05) is 60.4 Å². The Kier molecular flexibility index (Phi) is 7.68. The summed E-state index contributed by atoms with van der Waals surface area (Å²) in [5.74, 6) is 0.653. The Morgan fingerprint density at radius 2 is 1.83 bits per heavy atom. The minimum absolute atomic E-state index is 0.00717. The number of methoxy groups -OCH3 is 1. The second-order valence-corrected chi connectivity index (χ2v) is 9.19. The molecule has 0 atom stereocenters. The van der Waals surface area contributed by atoms with Gasteiger partial charge in [-0.05, 0) is 55.7 Å². The number of aryl methyl sites for hydroxylation is 1. The Balaban J connectivity index is 1.53. The van der Waals surface area contributed by atoms with E-state index in [0.717, 1.165) is 42.7 Å². The predicted molar refractivity (Wildman–Crippen MR) is 137 cm³/mol. The van der Waals surface area contributed by atoms with Crippen LogP contribution in [-0.2, 0) is 6.54 Å². The third-order valence-corrected chi connectivity index (χ3v) is 6.77. The van der Waals surface area contributed by atoms with Crippen molar-refractivity contribution in [1.82, 2.24) is 4.90 Å². The van der Waals surface area contributed by atoms with E-state index in [9.17, 15) is 14.9 Å². The standard InChI is InChI=1S/C27H28ClN3O4/c1-19-6-8-20(9-7-19)27(32)30(23-4-3-5-25(17-23)35-2)22-12-14-29(15-13-22)18-21-16-24(31(33)34)10-11-26(21)28/h3-11,16-17,22H,12-15,18H2,1-2H3. The van der Waals surface area contributed by atoms with E-state index < -0.39 is 4.92 Å². The number of non-ortho nitro benzene ring substituents is 1. The van der Waals surface area contributed by atoms with Gasteiger partial charge in [0.05, 0.1) is 12.0 Å². The van der Waals surface area contributed by atoms with Gasteiger partial charge in [0, 0.05) is 60.1 Å². The van der Waals surface area contributed by atoms with Crippen molar-refractivity contribution in [1.29, 1.82) is 0 Å². The van der Waals surface area contributed by atoms with Gasteiger partial charge in [-0.15, -0.1) is 0 Å². The minimum atomic E-state index is -0.408. The lowest BCUT2D eigenvalue weighted by molar-refractivity contribution is -0.384. The number of amides is 1. The number of halogens is 1. The summed E-state index contributed by atoms with van der Waals surface area (Å²) in [6.07, 6.45) is 1.53. The average Bonchev–Trinajstić information content (AvgIpc) is 2.87. The van der Waals surface area contributed by atoms with Crippen molar-refractivity contribution in [2.75, 3.05) is 25.1 Å². The average molecular weight is 494 g/mol. The smallest absolute Gasteiger partial charge is 0.269 e. The molecule has 0 bridgehead atoms. The van der Waals surface area contributed by atoms with Crippen molar-refractivity contribution in [2.24, 2.45) is 0 Å². The van der Waals surface area contributed by atoms with Crippen LogP contribution in [0, 0.1) is 17.0 Å². The molecule has 182 valence electrons. The van der Waals surface area contributed by atoms with Crippen LogP contribution >= 0.6 is 11.6 Å². The highest BCUT2D eigenvalue weighted by atomic mass is 35.5. The second kappa shape index (κ2) is 10.9. The number of benzene rings is 3. The highest BCUT2D eigenvalue weighted by Gasteiger charge is 2.30. The van der Waals surface area contributed by atoms with Gasteiger partial charge in [0.2, 0.25) is 0 Å². The maximum absolute atomic E-state index is 13.7. The topological polar surface area (TPSA) is 75.9 Å². The lowest BCUT2D eigenvalue weighted by Gasteiger charge is -2.39. The zero-order valence-corrected chi connectivity index (χ0v) is 20.6. The van der Waals surface area contributed by atoms with Gasteiger partial charge in [0.25, 0.3) is 11.6 Å². The Morgan fingerprint density at radius 1 is 1.11 bits per heavy atom. The van der Waals surface area contributed by atoms with E-state index in [1.54, 1.807) is 13.2 Å². The van der Waals surface area contributed by atoms with Crippen LogP contribution < -0.4 is 9.64 Å². The molecule has 35 heavy (non-hydrogen) atoms. The molecule has 8 heteroatoms. The van der Waals surface area contributed by atoms with Crippen molar-refractivity contribution in [3.8, 4) is 5.75 Å². The molecular weight excluding hydrogens is 466 g/mol. The monoisotopic (exact) mass is 493 g/mol. The quantitative estimate of drug-likeness (QED) is 0.303. The van der Waals surface area contributed by atoms with Crippen LogP contribution in [0.15, 0.2) is 66.7 Å². The fourth-order valence-electron chi connectivity index (χ4n) is 4.46. The molecule has 1 aliphatic heterocycles. The fraction of sp³-hybridized carbons (Fsp3) is 0.296. The van der Waals surface area contributed by atoms with Crippen LogP contribution in [0.2, 0.25) is 5.02 Å². The molecule has 1 heterocycles. The summed E-state index contributed by atoms with van der Waals surface area (Å²) in [6.45, 7) is 4.01. The maximum Gasteiger partial charge on any atom is 0.269 e. The lowest BCUT2D eigenvalue weighted by atomic mass is 9.99. The van der Waals surface area contributed by atoms with E-state index in [2.05, 4.69) is 4.90 Å². The summed E-state index contributed by atoms with van der Waals surface area (Å²) in [5.41, 5.74) is 3.31. The van der Waals surface area contributed by atoms with E-state index in [1.165, 1.54) is 12.1 Å². The molecule has 0 N–H and O–H groups in total. The molecular formula is C27H28ClN3O4. The van der Waals surface area contributed by atoms with Crippen LogP contribution in [0.5, 0.6) is 5.75 Å². The Hall–Kier alpha value is -3.42. The molecule has 1 saturated heterocycles. The number of carbonyl (C=O) groups excluding carboxylic acids is 1. The molecule has 0 aromatic heterocycles. The van der Waals surface area contributed by atoms with Crippen molar-refractivity contribution in [3.05, 3.63) is 98.6 Å². The molecule has 1 amide bonds. The number of hydrogen-bond acceptors (Lipinski definition) is 5. The molecule has 7 nitrogen and oxygen atoms in total. The molecule has 0 spiro atoms. The minimum Gasteiger partial charge on any atom is -0.497 e. The van der Waals surface area contributed by atoms with Gasteiger partial charge in [0.15, 0.2) is 0 Å². The van der Waals surface area contributed by atoms with E-state index in [-0.39, 0.29) is 17.6 Å². The summed E-state index contributed by atoms with van der Waals surface area (Å²) < 4.78 is 5.41. The third-order valence-electron chi connectivity index (χ3n) is 6.41. The molecule has 4 rings (SSSR count). The lowest BCUT2D eigenvalue weighted by Crippen LogP contribution is -2.47. The summed E-state index contributed by atoms with van der Waals surface area (Å²) in [5, 5.41) is 11.7. The van der Waals surface area contributed by atoms with Gasteiger partial charge >= 0.3 is 0 Å². The summed E-state index contributed by atoms with van der Waals surface area (Å²) in [4.78, 5) is 28.5. The van der Waals surface area contributed by atoms with Gasteiger partial charge in [-0.1, -0.05) is 35.4 Å². The Morgan fingerprint density at radius 3 is 2.49 bits per heavy atom. The normalized spacial score (nSPS) is 14.5. The fourth-order valence-corrected chi connectivity index (χ4v) is 4.64. The van der Waals surface area contributed by atoms with Gasteiger partial charge in [-0.3, -0.25) is 19.8 Å². The van der Waals surface area contributed by atoms with Crippen LogP contribution in [-0.4, -0.2) is 42.0 Å². The van der Waals surface area contributed by atoms with Gasteiger partial charge in [-0.2, -0.15) is 0 Å². The highest BCUT2D eigenvalue weighted by Crippen LogP contribution is 2.30. The largest absolute Gasteiger partial charge is 0.497 e. The summed E-state index contributed by atoms with van der Waals surface area (Å²) in [7, 11) is 1.61. The Labute approximate surface area is 210 Å². The summed E-state index contributed by atoms with van der Waals surface area (Å²) in [6, 6.07) is 19.7. The van der Waals surface area contributed by atoms with Crippen LogP contribution in [0.25, 0.3) is 0 Å². The van der Waals surface area contributed by atoms with Crippen molar-refractivity contribution < 1.29 is 14.5 Å². The zero-order valence-electron chi connectivity index (χ0n) is 19.8. The molecule has 0 saturated carbocycles. The van der Waals surface area contributed by atoms with Crippen molar-refractivity contribution in [2.45, 2.75) is 32.4 Å². The van der Waals surface area contributed by atoms with E-state index >= 15 is 0 Å². The number of nitro benzene ring substituents is 1. The number of ether oxygens (including phenoxy) is 1. The number of carbonyl (C=O) groups is 1. The predicted octanol–water partition coefficient (Wildman–Crippen LogP) is 5.88. The van der Waals surface area contributed by atoms with Gasteiger partial charge in [0.1, 0.15) is 5.75 Å². The second-order valence-electron chi connectivity index (χ2n) is 8.78. The number of anilines is 1. The molecule has 0 unspecified atom stereocenters. The summed E-state index contributed by atoms with van der Waals surface area (Å²) >= 11 is 6.31. The number of rotatable bonds is 7. The SMILES string of the molecule is COc1cccc(N(C(=O)c2ccc(C)cc2)C2CCN(Cc3cc([N+](=O)[O-])ccc3Cl)CC2)c1. The Bertz CT molecular complexity index is 1210. The molecule has 1 fully saturated rings. The zero-order chi connectivity index (χ0) is 24.9. The van der Waals surface area contributed by atoms with Crippen LogP contribution in [0.4, 0.5) is 11.4 Å². The van der Waals surface area contributed by atoms with E-state index in [0.29, 0.717) is 22.9 Å². The van der Waals surface area contributed by atoms with Gasteiger partial charge in [-0.25, -0.2) is 0 Å². The van der Waals surface area contributed by atoms with Crippen LogP contribution in [0.3, 0.4) is 0 Å². The maximum atomic E-state index is 13.7. The number of piperidine rings is 1. The first-order valence-corrected chi connectivity index (χ1v) is 11.9. The molecule has 0 aliphatic carbocycles.